The van der Waals surface area contributed by atoms with Crippen LogP contribution in [0.4, 0.5) is 5.69 Å². The number of nitriles is 1. The van der Waals surface area contributed by atoms with E-state index in [2.05, 4.69) is 11.4 Å². The molecular weight excluding hydrogens is 268 g/mol. The lowest BCUT2D eigenvalue weighted by Crippen LogP contribution is -2.05. The van der Waals surface area contributed by atoms with Crippen molar-refractivity contribution in [1.82, 2.24) is 0 Å². The van der Waals surface area contributed by atoms with Crippen LogP contribution >= 0.6 is 11.8 Å². The molecule has 0 bridgehead atoms. The first kappa shape index (κ1) is 14.2. The molecule has 0 saturated carbocycles. The van der Waals surface area contributed by atoms with Gasteiger partial charge < -0.3 is 5.32 Å². The van der Waals surface area contributed by atoms with E-state index in [0.29, 0.717) is 5.56 Å². The molecule has 0 aliphatic heterocycles. The zero-order valence-corrected chi connectivity index (χ0v) is 12.1. The van der Waals surface area contributed by atoms with E-state index < -0.39 is 0 Å². The van der Waals surface area contributed by atoms with Gasteiger partial charge in [0.2, 0.25) is 5.91 Å². The van der Waals surface area contributed by atoms with Crippen LogP contribution in [0, 0.1) is 18.3 Å². The molecule has 20 heavy (non-hydrogen) atoms. The van der Waals surface area contributed by atoms with Gasteiger partial charge in [-0.25, -0.2) is 0 Å². The fourth-order valence-electron chi connectivity index (χ4n) is 1.80. The maximum Gasteiger partial charge on any atom is 0.221 e. The molecule has 4 heteroatoms. The fraction of sp³-hybridized carbons (Fsp3) is 0.125. The van der Waals surface area contributed by atoms with Gasteiger partial charge >= 0.3 is 0 Å². The van der Waals surface area contributed by atoms with Crippen LogP contribution in [0.3, 0.4) is 0 Å². The predicted octanol–water partition coefficient (Wildman–Crippen LogP) is 3.98. The molecule has 2 aromatic rings. The molecule has 1 N–H and O–H groups in total. The first-order valence-corrected chi connectivity index (χ1v) is 6.97. The lowest BCUT2D eigenvalue weighted by atomic mass is 10.1. The lowest BCUT2D eigenvalue weighted by molar-refractivity contribution is -0.114. The Kier molecular flexibility index (Phi) is 4.44. The second-order valence-electron chi connectivity index (χ2n) is 4.37. The molecule has 0 radical (unpaired) electrons. The van der Waals surface area contributed by atoms with Gasteiger partial charge in [-0.15, -0.1) is 0 Å². The summed E-state index contributed by atoms with van der Waals surface area (Å²) in [6.07, 6.45) is 0. The molecule has 2 rings (SSSR count). The summed E-state index contributed by atoms with van der Waals surface area (Å²) in [7, 11) is 0. The smallest absolute Gasteiger partial charge is 0.221 e. The van der Waals surface area contributed by atoms with E-state index in [1.807, 2.05) is 49.4 Å². The normalized spacial score (nSPS) is 9.85. The Morgan fingerprint density at radius 2 is 1.90 bits per heavy atom. The Hall–Kier alpha value is -2.25. The van der Waals surface area contributed by atoms with Crippen LogP contribution in [-0.4, -0.2) is 5.91 Å². The van der Waals surface area contributed by atoms with E-state index >= 15 is 0 Å². The predicted molar refractivity (Wildman–Crippen MR) is 80.8 cm³/mol. The highest BCUT2D eigenvalue weighted by Crippen LogP contribution is 2.33. The molecule has 0 spiro atoms. The SMILES string of the molecule is CC(=O)Nc1ccc(Sc2c(C)cccc2C#N)cc1. The number of anilines is 1. The highest BCUT2D eigenvalue weighted by atomic mass is 32.2. The molecule has 3 nitrogen and oxygen atoms in total. The van der Waals surface area contributed by atoms with Crippen molar-refractivity contribution < 1.29 is 4.79 Å². The largest absolute Gasteiger partial charge is 0.326 e. The summed E-state index contributed by atoms with van der Waals surface area (Å²) < 4.78 is 0. The van der Waals surface area contributed by atoms with Crippen molar-refractivity contribution >= 4 is 23.4 Å². The molecule has 2 aromatic carbocycles. The second-order valence-corrected chi connectivity index (χ2v) is 5.45. The van der Waals surface area contributed by atoms with Crippen molar-refractivity contribution in [1.29, 1.82) is 5.26 Å². The van der Waals surface area contributed by atoms with Gasteiger partial charge in [-0.3, -0.25) is 4.79 Å². The van der Waals surface area contributed by atoms with Crippen LogP contribution < -0.4 is 5.32 Å². The third-order valence-corrected chi connectivity index (χ3v) is 3.98. The number of rotatable bonds is 3. The van der Waals surface area contributed by atoms with Crippen molar-refractivity contribution in [3.8, 4) is 6.07 Å². The van der Waals surface area contributed by atoms with Gasteiger partial charge in [0.05, 0.1) is 5.56 Å². The van der Waals surface area contributed by atoms with Crippen LogP contribution in [0.15, 0.2) is 52.3 Å². The average molecular weight is 282 g/mol. The number of hydrogen-bond donors (Lipinski definition) is 1. The number of aryl methyl sites for hydroxylation is 1. The molecule has 1 amide bonds. The maximum atomic E-state index is 11.0. The van der Waals surface area contributed by atoms with Crippen molar-refractivity contribution in [2.45, 2.75) is 23.6 Å². The molecule has 0 atom stereocenters. The van der Waals surface area contributed by atoms with Crippen molar-refractivity contribution in [2.75, 3.05) is 5.32 Å². The number of carbonyl (C=O) groups is 1. The summed E-state index contributed by atoms with van der Waals surface area (Å²) in [6, 6.07) is 15.5. The minimum absolute atomic E-state index is 0.0870. The molecule has 0 heterocycles. The number of hydrogen-bond acceptors (Lipinski definition) is 3. The van der Waals surface area contributed by atoms with E-state index in [-0.39, 0.29) is 5.91 Å². The van der Waals surface area contributed by atoms with E-state index in [4.69, 9.17) is 5.26 Å². The van der Waals surface area contributed by atoms with Gasteiger partial charge in [0, 0.05) is 22.4 Å². The zero-order chi connectivity index (χ0) is 14.5. The lowest BCUT2D eigenvalue weighted by Gasteiger charge is -2.08. The van der Waals surface area contributed by atoms with Crippen LogP contribution in [0.2, 0.25) is 0 Å². The Bertz CT molecular complexity index is 672. The van der Waals surface area contributed by atoms with Crippen molar-refractivity contribution in [3.63, 3.8) is 0 Å². The van der Waals surface area contributed by atoms with Gasteiger partial charge in [0.25, 0.3) is 0 Å². The number of carbonyl (C=O) groups excluding carboxylic acids is 1. The minimum Gasteiger partial charge on any atom is -0.326 e. The third kappa shape index (κ3) is 3.40. The summed E-state index contributed by atoms with van der Waals surface area (Å²) in [4.78, 5) is 13.0. The van der Waals surface area contributed by atoms with Crippen molar-refractivity contribution in [3.05, 3.63) is 53.6 Å². The molecule has 0 saturated heterocycles. The van der Waals surface area contributed by atoms with E-state index in [9.17, 15) is 4.79 Å². The highest BCUT2D eigenvalue weighted by Gasteiger charge is 2.07. The van der Waals surface area contributed by atoms with Gasteiger partial charge in [-0.1, -0.05) is 23.9 Å². The van der Waals surface area contributed by atoms with Gasteiger partial charge in [0.1, 0.15) is 6.07 Å². The fourth-order valence-corrected chi connectivity index (χ4v) is 2.76. The van der Waals surface area contributed by atoms with E-state index in [0.717, 1.165) is 21.0 Å². The number of nitrogens with one attached hydrogen (secondary N) is 1. The van der Waals surface area contributed by atoms with Crippen LogP contribution in [0.1, 0.15) is 18.1 Å². The van der Waals surface area contributed by atoms with Gasteiger partial charge in [-0.05, 0) is 42.8 Å². The molecule has 0 aromatic heterocycles. The Balaban J connectivity index is 2.23. The van der Waals surface area contributed by atoms with Gasteiger partial charge in [-0.2, -0.15) is 5.26 Å². The second kappa shape index (κ2) is 6.27. The standard InChI is InChI=1S/C16H14N2OS/c1-11-4-3-5-13(10-17)16(11)20-15-8-6-14(7-9-15)18-12(2)19/h3-9H,1-2H3,(H,18,19). The molecule has 0 unspecified atom stereocenters. The minimum atomic E-state index is -0.0870. The van der Waals surface area contributed by atoms with E-state index in [1.54, 1.807) is 11.8 Å². The van der Waals surface area contributed by atoms with Crippen LogP contribution in [0.5, 0.6) is 0 Å². The zero-order valence-electron chi connectivity index (χ0n) is 11.3. The topological polar surface area (TPSA) is 52.9 Å². The molecule has 0 aliphatic rings. The molecule has 0 fully saturated rings. The molecule has 0 aliphatic carbocycles. The molecular formula is C16H14N2OS. The first-order valence-electron chi connectivity index (χ1n) is 6.15. The van der Waals surface area contributed by atoms with Crippen LogP contribution in [-0.2, 0) is 4.79 Å². The summed E-state index contributed by atoms with van der Waals surface area (Å²) in [5, 5.41) is 11.9. The van der Waals surface area contributed by atoms with Crippen molar-refractivity contribution in [2.24, 2.45) is 0 Å². The monoisotopic (exact) mass is 282 g/mol. The molecule has 100 valence electrons. The number of amides is 1. The average Bonchev–Trinajstić information content (AvgIpc) is 2.42. The van der Waals surface area contributed by atoms with Gasteiger partial charge in [0.15, 0.2) is 0 Å². The Labute approximate surface area is 122 Å². The van der Waals surface area contributed by atoms with E-state index in [1.165, 1.54) is 6.92 Å². The number of benzene rings is 2. The highest BCUT2D eigenvalue weighted by molar-refractivity contribution is 7.99. The quantitative estimate of drug-likeness (QED) is 0.926. The Morgan fingerprint density at radius 3 is 2.50 bits per heavy atom. The summed E-state index contributed by atoms with van der Waals surface area (Å²) in [5.74, 6) is -0.0870. The summed E-state index contributed by atoms with van der Waals surface area (Å²) in [5.41, 5.74) is 2.54. The third-order valence-electron chi connectivity index (χ3n) is 2.73. The van der Waals surface area contributed by atoms with Crippen LogP contribution in [0.25, 0.3) is 0 Å². The summed E-state index contributed by atoms with van der Waals surface area (Å²) in [6.45, 7) is 3.48. The first-order chi connectivity index (χ1) is 9.60. The number of nitrogens with zero attached hydrogens (tertiary/aromatic N) is 1. The Morgan fingerprint density at radius 1 is 1.20 bits per heavy atom. The summed E-state index contributed by atoms with van der Waals surface area (Å²) >= 11 is 1.56. The maximum absolute atomic E-state index is 11.0.